The first kappa shape index (κ1) is 12.3. The van der Waals surface area contributed by atoms with Gasteiger partial charge < -0.3 is 16.0 Å². The fourth-order valence-electron chi connectivity index (χ4n) is 1.79. The van der Waals surface area contributed by atoms with Gasteiger partial charge in [-0.3, -0.25) is 0 Å². The molecule has 0 saturated carbocycles. The molecule has 3 heteroatoms. The minimum absolute atomic E-state index is 0.810. The quantitative estimate of drug-likeness (QED) is 0.809. The van der Waals surface area contributed by atoms with Gasteiger partial charge in [-0.2, -0.15) is 0 Å². The van der Waals surface area contributed by atoms with Crippen LogP contribution >= 0.6 is 0 Å². The number of nitrogens with zero attached hydrogens (tertiary/aromatic N) is 1. The van der Waals surface area contributed by atoms with Crippen molar-refractivity contribution in [3.8, 4) is 0 Å². The Bertz CT molecular complexity index is 530. The first-order valence-electron chi connectivity index (χ1n) is 5.97. The van der Waals surface area contributed by atoms with Gasteiger partial charge in [-0.1, -0.05) is 6.07 Å². The minimum atomic E-state index is 0.810. The van der Waals surface area contributed by atoms with Crippen LogP contribution in [0.4, 0.5) is 22.7 Å². The van der Waals surface area contributed by atoms with Crippen LogP contribution in [0.3, 0.4) is 0 Å². The number of hydrogen-bond donors (Lipinski definition) is 2. The van der Waals surface area contributed by atoms with Crippen LogP contribution in [0.2, 0.25) is 0 Å². The molecule has 0 unspecified atom stereocenters. The number of anilines is 4. The molecule has 94 valence electrons. The highest BCUT2D eigenvalue weighted by atomic mass is 15.1. The molecule has 3 nitrogen and oxygen atoms in total. The molecule has 18 heavy (non-hydrogen) atoms. The van der Waals surface area contributed by atoms with E-state index in [0.29, 0.717) is 0 Å². The standard InChI is InChI=1S/C15H19N3/c1-11-14(16)5-4-6-15(11)17-12-7-9-13(10-8-12)18(2)3/h4-10,17H,16H2,1-3H3. The molecular formula is C15H19N3. The lowest BCUT2D eigenvalue weighted by Gasteiger charge is -2.14. The second kappa shape index (κ2) is 5.00. The zero-order chi connectivity index (χ0) is 13.1. The number of hydrogen-bond acceptors (Lipinski definition) is 3. The summed E-state index contributed by atoms with van der Waals surface area (Å²) in [6, 6.07) is 14.2. The maximum atomic E-state index is 5.89. The molecule has 0 heterocycles. The normalized spacial score (nSPS) is 10.2. The van der Waals surface area contributed by atoms with Gasteiger partial charge in [0.15, 0.2) is 0 Å². The van der Waals surface area contributed by atoms with E-state index in [2.05, 4.69) is 34.5 Å². The summed E-state index contributed by atoms with van der Waals surface area (Å²) in [5, 5.41) is 3.38. The van der Waals surface area contributed by atoms with E-state index in [1.54, 1.807) is 0 Å². The van der Waals surface area contributed by atoms with Gasteiger partial charge in [0.2, 0.25) is 0 Å². The molecule has 2 rings (SSSR count). The van der Waals surface area contributed by atoms with Crippen LogP contribution < -0.4 is 16.0 Å². The summed E-state index contributed by atoms with van der Waals surface area (Å²) < 4.78 is 0. The summed E-state index contributed by atoms with van der Waals surface area (Å²) >= 11 is 0. The highest BCUT2D eigenvalue weighted by Gasteiger charge is 2.02. The van der Waals surface area contributed by atoms with Gasteiger partial charge in [0.1, 0.15) is 0 Å². The highest BCUT2D eigenvalue weighted by molar-refractivity contribution is 5.70. The van der Waals surface area contributed by atoms with E-state index < -0.39 is 0 Å². The average Bonchev–Trinajstić information content (AvgIpc) is 2.36. The van der Waals surface area contributed by atoms with Crippen molar-refractivity contribution < 1.29 is 0 Å². The molecule has 0 aliphatic carbocycles. The van der Waals surface area contributed by atoms with Gasteiger partial charge in [-0.05, 0) is 48.9 Å². The van der Waals surface area contributed by atoms with Crippen LogP contribution in [-0.2, 0) is 0 Å². The lowest BCUT2D eigenvalue weighted by Crippen LogP contribution is -2.08. The first-order chi connectivity index (χ1) is 8.58. The van der Waals surface area contributed by atoms with Crippen molar-refractivity contribution in [2.75, 3.05) is 30.0 Å². The Morgan fingerprint density at radius 3 is 2.28 bits per heavy atom. The molecule has 0 radical (unpaired) electrons. The van der Waals surface area contributed by atoms with E-state index in [1.165, 1.54) is 5.69 Å². The Kier molecular flexibility index (Phi) is 3.42. The molecule has 0 spiro atoms. The van der Waals surface area contributed by atoms with Gasteiger partial charge in [-0.15, -0.1) is 0 Å². The third kappa shape index (κ3) is 2.56. The Labute approximate surface area is 108 Å². The maximum absolute atomic E-state index is 5.89. The van der Waals surface area contributed by atoms with E-state index in [9.17, 15) is 0 Å². The Morgan fingerprint density at radius 2 is 1.67 bits per heavy atom. The zero-order valence-electron chi connectivity index (χ0n) is 11.1. The van der Waals surface area contributed by atoms with E-state index in [0.717, 1.165) is 22.6 Å². The summed E-state index contributed by atoms with van der Waals surface area (Å²) in [5.41, 5.74) is 11.1. The monoisotopic (exact) mass is 241 g/mol. The van der Waals surface area contributed by atoms with Gasteiger partial charge in [-0.25, -0.2) is 0 Å². The number of benzene rings is 2. The third-order valence-corrected chi connectivity index (χ3v) is 3.04. The van der Waals surface area contributed by atoms with E-state index in [1.807, 2.05) is 39.2 Å². The SMILES string of the molecule is Cc1c(N)cccc1Nc1ccc(N(C)C)cc1. The van der Waals surface area contributed by atoms with Gasteiger partial charge in [0, 0.05) is 36.8 Å². The molecule has 2 aromatic carbocycles. The minimum Gasteiger partial charge on any atom is -0.398 e. The fraction of sp³-hybridized carbons (Fsp3) is 0.200. The first-order valence-corrected chi connectivity index (χ1v) is 5.97. The number of nitrogens with two attached hydrogens (primary N) is 1. The van der Waals surface area contributed by atoms with E-state index in [-0.39, 0.29) is 0 Å². The predicted molar refractivity (Wildman–Crippen MR) is 79.6 cm³/mol. The molecular weight excluding hydrogens is 222 g/mol. The van der Waals surface area contributed by atoms with Crippen LogP contribution in [0.15, 0.2) is 42.5 Å². The molecule has 0 aliphatic rings. The highest BCUT2D eigenvalue weighted by Crippen LogP contribution is 2.25. The summed E-state index contributed by atoms with van der Waals surface area (Å²) in [4.78, 5) is 2.08. The Balaban J connectivity index is 2.21. The average molecular weight is 241 g/mol. The van der Waals surface area contributed by atoms with E-state index >= 15 is 0 Å². The summed E-state index contributed by atoms with van der Waals surface area (Å²) in [7, 11) is 4.06. The molecule has 0 fully saturated rings. The molecule has 2 aromatic rings. The van der Waals surface area contributed by atoms with Crippen molar-refractivity contribution in [2.24, 2.45) is 0 Å². The Hall–Kier alpha value is -2.16. The molecule has 0 amide bonds. The molecule has 0 aliphatic heterocycles. The number of nitrogens with one attached hydrogen (secondary N) is 1. The number of nitrogen functional groups attached to an aromatic ring is 1. The van der Waals surface area contributed by atoms with E-state index in [4.69, 9.17) is 5.73 Å². The van der Waals surface area contributed by atoms with Crippen LogP contribution in [0.25, 0.3) is 0 Å². The van der Waals surface area contributed by atoms with Gasteiger partial charge in [0.05, 0.1) is 0 Å². The summed E-state index contributed by atoms with van der Waals surface area (Å²) in [5.74, 6) is 0. The third-order valence-electron chi connectivity index (χ3n) is 3.04. The molecule has 0 saturated heterocycles. The Morgan fingerprint density at radius 1 is 1.00 bits per heavy atom. The smallest absolute Gasteiger partial charge is 0.0434 e. The van der Waals surface area contributed by atoms with Crippen molar-refractivity contribution in [2.45, 2.75) is 6.92 Å². The summed E-state index contributed by atoms with van der Waals surface area (Å²) in [6.45, 7) is 2.02. The molecule has 0 atom stereocenters. The largest absolute Gasteiger partial charge is 0.398 e. The van der Waals surface area contributed by atoms with Crippen LogP contribution in [0.5, 0.6) is 0 Å². The van der Waals surface area contributed by atoms with Crippen LogP contribution in [-0.4, -0.2) is 14.1 Å². The van der Waals surface area contributed by atoms with Gasteiger partial charge in [0.25, 0.3) is 0 Å². The van der Waals surface area contributed by atoms with Gasteiger partial charge >= 0.3 is 0 Å². The molecule has 3 N–H and O–H groups in total. The van der Waals surface area contributed by atoms with Crippen molar-refractivity contribution in [3.63, 3.8) is 0 Å². The topological polar surface area (TPSA) is 41.3 Å². The summed E-state index contributed by atoms with van der Waals surface area (Å²) in [6.07, 6.45) is 0. The predicted octanol–water partition coefficient (Wildman–Crippen LogP) is 3.39. The van der Waals surface area contributed by atoms with Crippen molar-refractivity contribution in [1.82, 2.24) is 0 Å². The zero-order valence-corrected chi connectivity index (χ0v) is 11.1. The number of rotatable bonds is 3. The molecule has 0 aromatic heterocycles. The van der Waals surface area contributed by atoms with Crippen LogP contribution in [0, 0.1) is 6.92 Å². The van der Waals surface area contributed by atoms with Crippen LogP contribution in [0.1, 0.15) is 5.56 Å². The lowest BCUT2D eigenvalue weighted by molar-refractivity contribution is 1.13. The molecule has 0 bridgehead atoms. The van der Waals surface area contributed by atoms with Crippen molar-refractivity contribution in [3.05, 3.63) is 48.0 Å². The maximum Gasteiger partial charge on any atom is 0.0434 e. The second-order valence-corrected chi connectivity index (χ2v) is 4.59. The van der Waals surface area contributed by atoms with Crippen molar-refractivity contribution in [1.29, 1.82) is 0 Å². The second-order valence-electron chi connectivity index (χ2n) is 4.59. The fourth-order valence-corrected chi connectivity index (χ4v) is 1.79. The lowest BCUT2D eigenvalue weighted by atomic mass is 10.1. The van der Waals surface area contributed by atoms with Crippen molar-refractivity contribution >= 4 is 22.7 Å².